The van der Waals surface area contributed by atoms with Crippen molar-refractivity contribution in [2.45, 2.75) is 26.6 Å². The Morgan fingerprint density at radius 3 is 2.50 bits per heavy atom. The Morgan fingerprint density at radius 1 is 1.39 bits per heavy atom. The molecule has 2 N–H and O–H groups in total. The Bertz CT molecular complexity index is 454. The molecule has 6 nitrogen and oxygen atoms in total. The van der Waals surface area contributed by atoms with Crippen molar-refractivity contribution < 1.29 is 29.3 Å². The van der Waals surface area contributed by atoms with E-state index in [1.807, 2.05) is 0 Å². The highest BCUT2D eigenvalue weighted by Gasteiger charge is 2.14. The number of esters is 1. The van der Waals surface area contributed by atoms with Gasteiger partial charge >= 0.3 is 11.9 Å². The van der Waals surface area contributed by atoms with Gasteiger partial charge < -0.3 is 19.7 Å². The molecule has 0 bridgehead atoms. The molecule has 1 rings (SSSR count). The van der Waals surface area contributed by atoms with Crippen molar-refractivity contribution in [2.24, 2.45) is 0 Å². The maximum Gasteiger partial charge on any atom is 0.339 e. The van der Waals surface area contributed by atoms with Crippen LogP contribution >= 0.6 is 0 Å². The Hall–Kier alpha value is -2.24. The Morgan fingerprint density at radius 2 is 2.06 bits per heavy atom. The number of benzene rings is 1. The first-order chi connectivity index (χ1) is 8.43. The number of carbonyl (C=O) groups excluding carboxylic acids is 1. The molecule has 18 heavy (non-hydrogen) atoms. The summed E-state index contributed by atoms with van der Waals surface area (Å²) in [7, 11) is 0. The number of carboxylic acid groups (broad SMARTS) is 1. The van der Waals surface area contributed by atoms with Crippen LogP contribution in [0.1, 0.15) is 30.6 Å². The molecule has 0 heterocycles. The summed E-state index contributed by atoms with van der Waals surface area (Å²) in [6.45, 7) is 3.02. The summed E-state index contributed by atoms with van der Waals surface area (Å²) >= 11 is 0. The van der Waals surface area contributed by atoms with E-state index in [0.717, 1.165) is 6.07 Å². The van der Waals surface area contributed by atoms with E-state index in [4.69, 9.17) is 14.6 Å². The summed E-state index contributed by atoms with van der Waals surface area (Å²) in [5.74, 6) is -1.89. The van der Waals surface area contributed by atoms with E-state index in [2.05, 4.69) is 0 Å². The largest absolute Gasteiger partial charge is 0.507 e. The molecule has 0 spiro atoms. The standard InChI is InChI=1S/C12H14O6/c1-3-11(17-7(2)13)18-8-4-5-9(12(15)16)10(14)6-8/h4-6,11,14H,3H2,1-2H3,(H,15,16). The van der Waals surface area contributed by atoms with Gasteiger partial charge in [0, 0.05) is 19.4 Å². The molecule has 98 valence electrons. The fourth-order valence-corrected chi connectivity index (χ4v) is 1.29. The van der Waals surface area contributed by atoms with Gasteiger partial charge in [0.05, 0.1) is 0 Å². The minimum atomic E-state index is -1.23. The van der Waals surface area contributed by atoms with Crippen LogP contribution in [-0.2, 0) is 9.53 Å². The number of aromatic hydroxyl groups is 1. The van der Waals surface area contributed by atoms with Crippen LogP contribution < -0.4 is 4.74 Å². The average molecular weight is 254 g/mol. The SMILES string of the molecule is CCC(OC(C)=O)Oc1ccc(C(=O)O)c(O)c1. The monoisotopic (exact) mass is 254 g/mol. The molecule has 1 aromatic rings. The fourth-order valence-electron chi connectivity index (χ4n) is 1.29. The van der Waals surface area contributed by atoms with Crippen molar-refractivity contribution in [1.82, 2.24) is 0 Å². The lowest BCUT2D eigenvalue weighted by atomic mass is 10.2. The lowest BCUT2D eigenvalue weighted by molar-refractivity contribution is -0.161. The number of phenols is 1. The third-order valence-electron chi connectivity index (χ3n) is 2.10. The molecule has 0 aliphatic carbocycles. The molecule has 0 saturated carbocycles. The smallest absolute Gasteiger partial charge is 0.339 e. The molecule has 0 aliphatic rings. The van der Waals surface area contributed by atoms with Gasteiger partial charge in [-0.15, -0.1) is 0 Å². The molecular formula is C12H14O6. The maximum atomic E-state index is 10.8. The number of hydrogen-bond acceptors (Lipinski definition) is 5. The number of carboxylic acids is 1. The third kappa shape index (κ3) is 3.65. The van der Waals surface area contributed by atoms with Gasteiger partial charge in [-0.2, -0.15) is 0 Å². The minimum absolute atomic E-state index is 0.220. The van der Waals surface area contributed by atoms with Crippen LogP contribution in [0.5, 0.6) is 11.5 Å². The first-order valence-corrected chi connectivity index (χ1v) is 5.34. The van der Waals surface area contributed by atoms with Crippen molar-refractivity contribution in [3.05, 3.63) is 23.8 Å². The summed E-state index contributed by atoms with van der Waals surface area (Å²) in [6, 6.07) is 3.76. The average Bonchev–Trinajstić information content (AvgIpc) is 2.27. The van der Waals surface area contributed by atoms with Crippen molar-refractivity contribution in [3.8, 4) is 11.5 Å². The Kier molecular flexibility index (Phi) is 4.53. The number of aromatic carboxylic acids is 1. The van der Waals surface area contributed by atoms with E-state index in [0.29, 0.717) is 6.42 Å². The number of hydrogen-bond donors (Lipinski definition) is 2. The van der Waals surface area contributed by atoms with Crippen molar-refractivity contribution in [3.63, 3.8) is 0 Å². The summed E-state index contributed by atoms with van der Waals surface area (Å²) in [5.41, 5.74) is -0.220. The normalized spacial score (nSPS) is 11.7. The van der Waals surface area contributed by atoms with Crippen molar-refractivity contribution in [1.29, 1.82) is 0 Å². The van der Waals surface area contributed by atoms with Crippen LogP contribution in [0.2, 0.25) is 0 Å². The van der Waals surface area contributed by atoms with Gasteiger partial charge in [0.1, 0.15) is 17.1 Å². The number of carbonyl (C=O) groups is 2. The van der Waals surface area contributed by atoms with E-state index in [1.54, 1.807) is 6.92 Å². The summed E-state index contributed by atoms with van der Waals surface area (Å²) in [5, 5.41) is 18.2. The predicted molar refractivity (Wildman–Crippen MR) is 61.5 cm³/mol. The zero-order chi connectivity index (χ0) is 13.7. The van der Waals surface area contributed by atoms with E-state index >= 15 is 0 Å². The Balaban J connectivity index is 2.81. The van der Waals surface area contributed by atoms with Crippen molar-refractivity contribution >= 4 is 11.9 Å². The van der Waals surface area contributed by atoms with Gasteiger partial charge in [0.25, 0.3) is 0 Å². The van der Waals surface area contributed by atoms with E-state index in [9.17, 15) is 14.7 Å². The first-order valence-electron chi connectivity index (χ1n) is 5.34. The molecule has 0 aromatic heterocycles. The maximum absolute atomic E-state index is 10.8. The molecule has 0 amide bonds. The van der Waals surface area contributed by atoms with Gasteiger partial charge in [-0.05, 0) is 12.1 Å². The van der Waals surface area contributed by atoms with E-state index in [1.165, 1.54) is 19.1 Å². The van der Waals surface area contributed by atoms with Crippen LogP contribution in [0.15, 0.2) is 18.2 Å². The summed E-state index contributed by atoms with van der Waals surface area (Å²) in [4.78, 5) is 21.5. The molecule has 1 aromatic carbocycles. The molecule has 1 atom stereocenters. The zero-order valence-corrected chi connectivity index (χ0v) is 10.0. The van der Waals surface area contributed by atoms with Gasteiger partial charge in [0.2, 0.25) is 6.29 Å². The Labute approximate surface area is 104 Å². The predicted octanol–water partition coefficient (Wildman–Crippen LogP) is 1.77. The third-order valence-corrected chi connectivity index (χ3v) is 2.10. The van der Waals surface area contributed by atoms with Gasteiger partial charge in [-0.25, -0.2) is 4.79 Å². The number of rotatable bonds is 5. The fraction of sp³-hybridized carbons (Fsp3) is 0.333. The van der Waals surface area contributed by atoms with Crippen LogP contribution in [0, 0.1) is 0 Å². The topological polar surface area (TPSA) is 93.1 Å². The molecule has 1 unspecified atom stereocenters. The van der Waals surface area contributed by atoms with Crippen LogP contribution in [0.4, 0.5) is 0 Å². The second-order valence-electron chi connectivity index (χ2n) is 3.55. The second kappa shape index (κ2) is 5.90. The van der Waals surface area contributed by atoms with Gasteiger partial charge in [-0.3, -0.25) is 4.79 Å². The summed E-state index contributed by atoms with van der Waals surface area (Å²) < 4.78 is 10.2. The first kappa shape index (κ1) is 13.8. The van der Waals surface area contributed by atoms with Gasteiger partial charge in [-0.1, -0.05) is 6.92 Å². The lowest BCUT2D eigenvalue weighted by Crippen LogP contribution is -2.22. The molecular weight excluding hydrogens is 240 g/mol. The van der Waals surface area contributed by atoms with E-state index < -0.39 is 24.0 Å². The highest BCUT2D eigenvalue weighted by Crippen LogP contribution is 2.24. The van der Waals surface area contributed by atoms with Gasteiger partial charge in [0.15, 0.2) is 0 Å². The molecule has 0 saturated heterocycles. The molecule has 0 aliphatic heterocycles. The van der Waals surface area contributed by atoms with Crippen LogP contribution in [-0.4, -0.2) is 28.4 Å². The van der Waals surface area contributed by atoms with Crippen molar-refractivity contribution in [2.75, 3.05) is 0 Å². The molecule has 0 radical (unpaired) electrons. The highest BCUT2D eigenvalue weighted by atomic mass is 16.7. The minimum Gasteiger partial charge on any atom is -0.507 e. The molecule has 0 fully saturated rings. The van der Waals surface area contributed by atoms with Crippen LogP contribution in [0.3, 0.4) is 0 Å². The second-order valence-corrected chi connectivity index (χ2v) is 3.55. The quantitative estimate of drug-likeness (QED) is 0.614. The molecule has 6 heteroatoms. The summed E-state index contributed by atoms with van der Waals surface area (Å²) in [6.07, 6.45) is -0.335. The highest BCUT2D eigenvalue weighted by molar-refractivity contribution is 5.90. The van der Waals surface area contributed by atoms with E-state index in [-0.39, 0.29) is 11.3 Å². The van der Waals surface area contributed by atoms with Crippen LogP contribution in [0.25, 0.3) is 0 Å². The zero-order valence-electron chi connectivity index (χ0n) is 10.0. The lowest BCUT2D eigenvalue weighted by Gasteiger charge is -2.17. The number of ether oxygens (including phenoxy) is 2.